The van der Waals surface area contributed by atoms with Crippen molar-refractivity contribution >= 4 is 39.1 Å². The quantitative estimate of drug-likeness (QED) is 0.341. The summed E-state index contributed by atoms with van der Waals surface area (Å²) in [6.45, 7) is 1.81. The average molecular weight is 490 g/mol. The van der Waals surface area contributed by atoms with Crippen molar-refractivity contribution in [3.05, 3.63) is 81.0 Å². The molecular formula is C25H23N5O2S2. The van der Waals surface area contributed by atoms with Crippen molar-refractivity contribution in [3.63, 3.8) is 0 Å². The lowest BCUT2D eigenvalue weighted by Crippen LogP contribution is -2.27. The van der Waals surface area contributed by atoms with E-state index in [2.05, 4.69) is 38.7 Å². The lowest BCUT2D eigenvalue weighted by Gasteiger charge is -2.21. The highest BCUT2D eigenvalue weighted by Gasteiger charge is 2.26. The molecule has 0 saturated heterocycles. The highest BCUT2D eigenvalue weighted by molar-refractivity contribution is 7.98. The molecule has 0 spiro atoms. The molecule has 5 aromatic rings. The van der Waals surface area contributed by atoms with Crippen LogP contribution < -0.4 is 10.3 Å². The van der Waals surface area contributed by atoms with Gasteiger partial charge in [0.2, 0.25) is 5.78 Å². The van der Waals surface area contributed by atoms with E-state index in [1.165, 1.54) is 16.0 Å². The molecule has 3 aromatic heterocycles. The summed E-state index contributed by atoms with van der Waals surface area (Å²) in [5.74, 6) is 2.13. The van der Waals surface area contributed by atoms with E-state index in [0.717, 1.165) is 52.1 Å². The number of ether oxygens (including phenoxy) is 1. The molecule has 0 fully saturated rings. The van der Waals surface area contributed by atoms with Crippen molar-refractivity contribution in [1.82, 2.24) is 24.1 Å². The number of fused-ring (bicyclic) bond motifs is 5. The van der Waals surface area contributed by atoms with E-state index in [-0.39, 0.29) is 5.56 Å². The van der Waals surface area contributed by atoms with Gasteiger partial charge in [0.15, 0.2) is 5.16 Å². The number of hydrogen-bond acceptors (Lipinski definition) is 7. The maximum atomic E-state index is 13.9. The molecule has 34 heavy (non-hydrogen) atoms. The molecule has 7 nitrogen and oxygen atoms in total. The van der Waals surface area contributed by atoms with Crippen molar-refractivity contribution in [1.29, 1.82) is 0 Å². The zero-order chi connectivity index (χ0) is 23.2. The third kappa shape index (κ3) is 3.51. The Bertz CT molecular complexity index is 1550. The Labute approximate surface area is 204 Å². The van der Waals surface area contributed by atoms with Gasteiger partial charge in [-0.25, -0.2) is 8.97 Å². The van der Waals surface area contributed by atoms with Crippen LogP contribution in [0.5, 0.6) is 5.75 Å². The molecule has 6 rings (SSSR count). The van der Waals surface area contributed by atoms with Gasteiger partial charge in [-0.2, -0.15) is 0 Å². The maximum Gasteiger partial charge on any atom is 0.268 e. The normalized spacial score (nSPS) is 14.1. The topological polar surface area (TPSA) is 64.7 Å². The fraction of sp³-hybridized carbons (Fsp3) is 0.240. The Morgan fingerprint density at radius 3 is 2.65 bits per heavy atom. The minimum atomic E-state index is -0.0187. The standard InChI is InChI=1S/C25H23N5O2S2/c1-28-13-12-19-20(14-28)34-23-21(19)22(31)29(17-6-4-3-5-7-17)24-26-27-25(30(23)24)33-15-16-8-10-18(32-2)11-9-16/h3-11H,12-15H2,1-2H3. The van der Waals surface area contributed by atoms with Crippen LogP contribution in [0.2, 0.25) is 0 Å². The molecule has 9 heteroatoms. The van der Waals surface area contributed by atoms with E-state index < -0.39 is 0 Å². The van der Waals surface area contributed by atoms with Gasteiger partial charge in [0, 0.05) is 23.7 Å². The van der Waals surface area contributed by atoms with Gasteiger partial charge in [-0.05, 0) is 48.9 Å². The number of thiophene rings is 1. The predicted octanol–water partition coefficient (Wildman–Crippen LogP) is 4.38. The van der Waals surface area contributed by atoms with Gasteiger partial charge >= 0.3 is 0 Å². The summed E-state index contributed by atoms with van der Waals surface area (Å²) < 4.78 is 9.05. The van der Waals surface area contributed by atoms with Gasteiger partial charge in [-0.1, -0.05) is 42.1 Å². The zero-order valence-electron chi connectivity index (χ0n) is 18.9. The van der Waals surface area contributed by atoms with Crippen LogP contribution in [-0.4, -0.2) is 44.8 Å². The van der Waals surface area contributed by atoms with Crippen molar-refractivity contribution in [3.8, 4) is 11.4 Å². The first-order chi connectivity index (χ1) is 16.6. The van der Waals surface area contributed by atoms with E-state index in [4.69, 9.17) is 4.74 Å². The third-order valence-corrected chi connectivity index (χ3v) is 8.41. The zero-order valence-corrected chi connectivity index (χ0v) is 20.5. The summed E-state index contributed by atoms with van der Waals surface area (Å²) in [6.07, 6.45) is 0.873. The highest BCUT2D eigenvalue weighted by Crippen LogP contribution is 2.36. The largest absolute Gasteiger partial charge is 0.497 e. The molecule has 1 aliphatic rings. The van der Waals surface area contributed by atoms with Crippen LogP contribution in [0.1, 0.15) is 16.0 Å². The van der Waals surface area contributed by atoms with E-state index in [1.54, 1.807) is 34.8 Å². The maximum absolute atomic E-state index is 13.9. The molecule has 4 heterocycles. The van der Waals surface area contributed by atoms with Crippen LogP contribution in [0.3, 0.4) is 0 Å². The smallest absolute Gasteiger partial charge is 0.268 e. The first-order valence-electron chi connectivity index (χ1n) is 11.1. The number of aromatic nitrogens is 4. The number of hydrogen-bond donors (Lipinski definition) is 0. The molecule has 0 atom stereocenters. The number of thioether (sulfide) groups is 1. The fourth-order valence-corrected chi connectivity index (χ4v) is 6.82. The fourth-order valence-electron chi connectivity index (χ4n) is 4.46. The summed E-state index contributed by atoms with van der Waals surface area (Å²) in [6, 6.07) is 17.8. The molecule has 0 saturated carbocycles. The Morgan fingerprint density at radius 1 is 1.09 bits per heavy atom. The van der Waals surface area contributed by atoms with Crippen molar-refractivity contribution in [2.75, 3.05) is 20.7 Å². The van der Waals surface area contributed by atoms with Crippen molar-refractivity contribution < 1.29 is 4.74 Å². The van der Waals surface area contributed by atoms with Crippen LogP contribution in [0.15, 0.2) is 64.5 Å². The lowest BCUT2D eigenvalue weighted by molar-refractivity contribution is 0.318. The second-order valence-corrected chi connectivity index (χ2v) is 10.4. The predicted molar refractivity (Wildman–Crippen MR) is 137 cm³/mol. The highest BCUT2D eigenvalue weighted by atomic mass is 32.2. The summed E-state index contributed by atoms with van der Waals surface area (Å²) in [5.41, 5.74) is 3.12. The van der Waals surface area contributed by atoms with Crippen LogP contribution in [0.4, 0.5) is 0 Å². The summed E-state index contributed by atoms with van der Waals surface area (Å²) in [4.78, 5) is 18.4. The van der Waals surface area contributed by atoms with Crippen molar-refractivity contribution in [2.24, 2.45) is 0 Å². The van der Waals surface area contributed by atoms with Gasteiger partial charge in [0.05, 0.1) is 18.2 Å². The second kappa shape index (κ2) is 8.57. The average Bonchev–Trinajstić information content (AvgIpc) is 3.45. The van der Waals surface area contributed by atoms with Crippen LogP contribution in [0.25, 0.3) is 21.7 Å². The van der Waals surface area contributed by atoms with Crippen LogP contribution in [-0.2, 0) is 18.7 Å². The molecule has 0 amide bonds. The summed E-state index contributed by atoms with van der Waals surface area (Å²) in [5, 5.41) is 10.6. The van der Waals surface area contributed by atoms with Crippen LogP contribution in [0, 0.1) is 0 Å². The molecule has 0 bridgehead atoms. The number of rotatable bonds is 5. The first-order valence-corrected chi connectivity index (χ1v) is 12.9. The molecule has 1 aliphatic heterocycles. The molecule has 2 aromatic carbocycles. The molecule has 0 N–H and O–H groups in total. The number of methoxy groups -OCH3 is 1. The number of para-hydroxylation sites is 1. The van der Waals surface area contributed by atoms with Crippen molar-refractivity contribution in [2.45, 2.75) is 23.9 Å². The third-order valence-electron chi connectivity index (χ3n) is 6.21. The van der Waals surface area contributed by atoms with Gasteiger partial charge in [0.1, 0.15) is 10.6 Å². The molecule has 0 aliphatic carbocycles. The molecule has 172 valence electrons. The lowest BCUT2D eigenvalue weighted by atomic mass is 10.1. The molecule has 0 unspecified atom stereocenters. The Hall–Kier alpha value is -3.14. The second-order valence-electron chi connectivity index (χ2n) is 8.40. The minimum Gasteiger partial charge on any atom is -0.497 e. The van der Waals surface area contributed by atoms with E-state index in [9.17, 15) is 4.79 Å². The monoisotopic (exact) mass is 489 g/mol. The van der Waals surface area contributed by atoms with E-state index >= 15 is 0 Å². The van der Waals surface area contributed by atoms with Gasteiger partial charge < -0.3 is 9.64 Å². The van der Waals surface area contributed by atoms with E-state index in [1.807, 2.05) is 42.5 Å². The SMILES string of the molecule is COc1ccc(CSc2nnc3n(-c4ccccc4)c(=O)c4c5c(sc4n23)CN(C)CC5)cc1. The van der Waals surface area contributed by atoms with Gasteiger partial charge in [0.25, 0.3) is 5.56 Å². The first kappa shape index (κ1) is 21.4. The van der Waals surface area contributed by atoms with Gasteiger partial charge in [-0.3, -0.25) is 4.79 Å². The summed E-state index contributed by atoms with van der Waals surface area (Å²) in [7, 11) is 3.79. The Kier molecular flexibility index (Phi) is 5.40. The molecule has 0 radical (unpaired) electrons. The summed E-state index contributed by atoms with van der Waals surface area (Å²) >= 11 is 3.32. The number of nitrogens with zero attached hydrogens (tertiary/aromatic N) is 5. The number of benzene rings is 2. The Morgan fingerprint density at radius 2 is 1.88 bits per heavy atom. The van der Waals surface area contributed by atoms with Gasteiger partial charge in [-0.15, -0.1) is 21.5 Å². The molecular weight excluding hydrogens is 466 g/mol. The van der Waals surface area contributed by atoms with Crippen LogP contribution >= 0.6 is 23.1 Å². The number of likely N-dealkylation sites (N-methyl/N-ethyl adjacent to an activating group) is 1. The Balaban J connectivity index is 1.54. The minimum absolute atomic E-state index is 0.0187. The van der Waals surface area contributed by atoms with E-state index in [0.29, 0.717) is 5.78 Å².